The lowest BCUT2D eigenvalue weighted by atomic mass is 10.1. The zero-order valence-electron chi connectivity index (χ0n) is 16.4. The largest absolute Gasteiger partial charge is 0.493 e. The fourth-order valence-corrected chi connectivity index (χ4v) is 3.11. The van der Waals surface area contributed by atoms with Gasteiger partial charge in [-0.2, -0.15) is 0 Å². The quantitative estimate of drug-likeness (QED) is 0.397. The molecule has 9 nitrogen and oxygen atoms in total. The van der Waals surface area contributed by atoms with Gasteiger partial charge in [-0.25, -0.2) is 4.79 Å². The molecule has 1 aromatic rings. The standard InChI is InChI=1S/C19H26N2O7/c1-4-27-17-11-14(15(21(24)25)12-16(17)26-3)19(23)28-13(2)18(22)20-9-7-5-6-8-10-20/h11-13H,4-10H2,1-3H3/t13-/m1/s1. The van der Waals surface area contributed by atoms with Crippen molar-refractivity contribution in [3.05, 3.63) is 27.8 Å². The van der Waals surface area contributed by atoms with Gasteiger partial charge >= 0.3 is 5.97 Å². The number of amides is 1. The number of methoxy groups -OCH3 is 1. The Labute approximate surface area is 163 Å². The molecule has 1 aliphatic heterocycles. The van der Waals surface area contributed by atoms with Crippen molar-refractivity contribution in [2.45, 2.75) is 45.6 Å². The summed E-state index contributed by atoms with van der Waals surface area (Å²) in [5.74, 6) is -0.921. The maximum absolute atomic E-state index is 12.6. The molecule has 1 amide bonds. The number of esters is 1. The first-order chi connectivity index (χ1) is 13.4. The molecular formula is C19H26N2O7. The highest BCUT2D eigenvalue weighted by molar-refractivity contribution is 5.96. The number of hydrogen-bond donors (Lipinski definition) is 0. The molecule has 1 atom stereocenters. The summed E-state index contributed by atoms with van der Waals surface area (Å²) in [6, 6.07) is 2.33. The summed E-state index contributed by atoms with van der Waals surface area (Å²) in [5.41, 5.74) is -0.760. The van der Waals surface area contributed by atoms with Gasteiger partial charge < -0.3 is 19.1 Å². The van der Waals surface area contributed by atoms with Gasteiger partial charge in [-0.1, -0.05) is 12.8 Å². The third-order valence-electron chi connectivity index (χ3n) is 4.55. The molecule has 2 rings (SSSR count). The zero-order chi connectivity index (χ0) is 20.7. The molecule has 0 bridgehead atoms. The molecule has 1 fully saturated rings. The topological polar surface area (TPSA) is 108 Å². The Bertz CT molecular complexity index is 727. The van der Waals surface area contributed by atoms with Crippen LogP contribution in [0.15, 0.2) is 12.1 Å². The highest BCUT2D eigenvalue weighted by atomic mass is 16.6. The second-order valence-electron chi connectivity index (χ2n) is 6.50. The van der Waals surface area contributed by atoms with E-state index in [-0.39, 0.29) is 29.6 Å². The number of benzene rings is 1. The third-order valence-corrected chi connectivity index (χ3v) is 4.55. The Hall–Kier alpha value is -2.84. The summed E-state index contributed by atoms with van der Waals surface area (Å²) in [5, 5.41) is 11.4. The normalized spacial score (nSPS) is 15.3. The highest BCUT2D eigenvalue weighted by Gasteiger charge is 2.30. The van der Waals surface area contributed by atoms with Gasteiger partial charge in [0.1, 0.15) is 5.56 Å². The second kappa shape index (κ2) is 9.91. The number of carbonyl (C=O) groups excluding carboxylic acids is 2. The predicted molar refractivity (Wildman–Crippen MR) is 101 cm³/mol. The van der Waals surface area contributed by atoms with Crippen LogP contribution in [-0.4, -0.2) is 54.6 Å². The summed E-state index contributed by atoms with van der Waals surface area (Å²) in [6.45, 7) is 4.74. The first kappa shape index (κ1) is 21.5. The number of carbonyl (C=O) groups is 2. The van der Waals surface area contributed by atoms with Crippen molar-refractivity contribution < 1.29 is 28.7 Å². The molecule has 28 heavy (non-hydrogen) atoms. The van der Waals surface area contributed by atoms with Crippen molar-refractivity contribution >= 4 is 17.6 Å². The number of nitrogens with zero attached hydrogens (tertiary/aromatic N) is 2. The summed E-state index contributed by atoms with van der Waals surface area (Å²) in [4.78, 5) is 37.6. The molecular weight excluding hydrogens is 368 g/mol. The average molecular weight is 394 g/mol. The highest BCUT2D eigenvalue weighted by Crippen LogP contribution is 2.35. The van der Waals surface area contributed by atoms with Crippen LogP contribution < -0.4 is 9.47 Å². The minimum absolute atomic E-state index is 0.138. The van der Waals surface area contributed by atoms with E-state index in [1.165, 1.54) is 20.1 Å². The van der Waals surface area contributed by atoms with Crippen LogP contribution in [0.2, 0.25) is 0 Å². The van der Waals surface area contributed by atoms with Crippen molar-refractivity contribution in [2.24, 2.45) is 0 Å². The summed E-state index contributed by atoms with van der Waals surface area (Å²) < 4.78 is 15.7. The van der Waals surface area contributed by atoms with E-state index in [1.807, 2.05) is 0 Å². The van der Waals surface area contributed by atoms with Gasteiger partial charge in [0.25, 0.3) is 11.6 Å². The maximum atomic E-state index is 12.6. The molecule has 0 radical (unpaired) electrons. The Kier molecular flexibility index (Phi) is 7.60. The lowest BCUT2D eigenvalue weighted by Crippen LogP contribution is -2.40. The molecule has 0 spiro atoms. The number of nitro benzene ring substituents is 1. The molecule has 0 saturated carbocycles. The van der Waals surface area contributed by atoms with Crippen LogP contribution >= 0.6 is 0 Å². The van der Waals surface area contributed by atoms with Gasteiger partial charge in [0.05, 0.1) is 24.7 Å². The molecule has 0 aromatic heterocycles. The Morgan fingerprint density at radius 3 is 2.36 bits per heavy atom. The summed E-state index contributed by atoms with van der Waals surface area (Å²) >= 11 is 0. The first-order valence-corrected chi connectivity index (χ1v) is 9.38. The van der Waals surface area contributed by atoms with Gasteiger partial charge in [-0.05, 0) is 26.7 Å². The molecule has 0 unspecified atom stereocenters. The Balaban J connectivity index is 2.22. The average Bonchev–Trinajstić information content (AvgIpc) is 2.96. The van der Waals surface area contributed by atoms with Gasteiger partial charge in [-0.15, -0.1) is 0 Å². The summed E-state index contributed by atoms with van der Waals surface area (Å²) in [7, 11) is 1.35. The van der Waals surface area contributed by atoms with Crippen LogP contribution in [0.3, 0.4) is 0 Å². The third kappa shape index (κ3) is 5.11. The van der Waals surface area contributed by atoms with Crippen molar-refractivity contribution in [3.8, 4) is 11.5 Å². The molecule has 0 aliphatic carbocycles. The van der Waals surface area contributed by atoms with Crippen LogP contribution in [0.5, 0.6) is 11.5 Å². The Morgan fingerprint density at radius 2 is 1.82 bits per heavy atom. The van der Waals surface area contributed by atoms with Crippen LogP contribution in [0.1, 0.15) is 49.9 Å². The van der Waals surface area contributed by atoms with E-state index in [0.717, 1.165) is 31.7 Å². The Morgan fingerprint density at radius 1 is 1.18 bits per heavy atom. The van der Waals surface area contributed by atoms with Crippen LogP contribution in [0.4, 0.5) is 5.69 Å². The lowest BCUT2D eigenvalue weighted by Gasteiger charge is -2.24. The minimum Gasteiger partial charge on any atom is -0.493 e. The van der Waals surface area contributed by atoms with Gasteiger partial charge in [-0.3, -0.25) is 14.9 Å². The van der Waals surface area contributed by atoms with Crippen molar-refractivity contribution in [1.29, 1.82) is 0 Å². The molecule has 0 N–H and O–H groups in total. The summed E-state index contributed by atoms with van der Waals surface area (Å²) in [6.07, 6.45) is 2.91. The van der Waals surface area contributed by atoms with Gasteiger partial charge in [0.2, 0.25) is 0 Å². The fourth-order valence-electron chi connectivity index (χ4n) is 3.11. The SMILES string of the molecule is CCOc1cc(C(=O)O[C@H](C)C(=O)N2CCCCCC2)c([N+](=O)[O-])cc1OC. The van der Waals surface area contributed by atoms with E-state index in [9.17, 15) is 19.7 Å². The molecule has 1 aromatic carbocycles. The minimum atomic E-state index is -1.04. The van der Waals surface area contributed by atoms with Crippen molar-refractivity contribution in [2.75, 3.05) is 26.8 Å². The van der Waals surface area contributed by atoms with E-state index in [2.05, 4.69) is 0 Å². The first-order valence-electron chi connectivity index (χ1n) is 9.38. The molecule has 9 heteroatoms. The molecule has 1 saturated heterocycles. The van der Waals surface area contributed by atoms with Crippen LogP contribution in [-0.2, 0) is 9.53 Å². The number of likely N-dealkylation sites (tertiary alicyclic amines) is 1. The van der Waals surface area contributed by atoms with E-state index >= 15 is 0 Å². The molecule has 154 valence electrons. The number of rotatable bonds is 7. The van der Waals surface area contributed by atoms with Crippen LogP contribution in [0, 0.1) is 10.1 Å². The predicted octanol–water partition coefficient (Wildman–Crippen LogP) is 2.95. The molecule has 1 heterocycles. The van der Waals surface area contributed by atoms with E-state index < -0.39 is 22.7 Å². The number of hydrogen-bond acceptors (Lipinski definition) is 7. The number of nitro groups is 1. The fraction of sp³-hybridized carbons (Fsp3) is 0.579. The van der Waals surface area contributed by atoms with E-state index in [0.29, 0.717) is 13.1 Å². The second-order valence-corrected chi connectivity index (χ2v) is 6.50. The van der Waals surface area contributed by atoms with Crippen molar-refractivity contribution in [1.82, 2.24) is 4.90 Å². The van der Waals surface area contributed by atoms with Crippen LogP contribution in [0.25, 0.3) is 0 Å². The maximum Gasteiger partial charge on any atom is 0.346 e. The zero-order valence-corrected chi connectivity index (χ0v) is 16.4. The van der Waals surface area contributed by atoms with Crippen molar-refractivity contribution in [3.63, 3.8) is 0 Å². The van der Waals surface area contributed by atoms with Gasteiger partial charge in [0, 0.05) is 19.2 Å². The van der Waals surface area contributed by atoms with Gasteiger partial charge in [0.15, 0.2) is 17.6 Å². The van der Waals surface area contributed by atoms with E-state index in [4.69, 9.17) is 14.2 Å². The smallest absolute Gasteiger partial charge is 0.346 e. The molecule has 1 aliphatic rings. The monoisotopic (exact) mass is 394 g/mol. The number of ether oxygens (including phenoxy) is 3. The van der Waals surface area contributed by atoms with E-state index in [1.54, 1.807) is 11.8 Å². The lowest BCUT2D eigenvalue weighted by molar-refractivity contribution is -0.385.